The number of ketones is 1. The lowest BCUT2D eigenvalue weighted by atomic mass is 10.1. The molecule has 2 N–H and O–H groups in total. The highest BCUT2D eigenvalue weighted by Crippen LogP contribution is 2.17. The lowest BCUT2D eigenvalue weighted by Crippen LogP contribution is -2.18. The Balaban J connectivity index is 2.18. The van der Waals surface area contributed by atoms with Crippen molar-refractivity contribution in [3.05, 3.63) is 29.8 Å². The lowest BCUT2D eigenvalue weighted by molar-refractivity contribution is 0.0985. The predicted molar refractivity (Wildman–Crippen MR) is 65.1 cm³/mol. The number of nitrogens with two attached hydrogens (primary N) is 1. The van der Waals surface area contributed by atoms with Gasteiger partial charge in [-0.05, 0) is 18.7 Å². The van der Waals surface area contributed by atoms with Gasteiger partial charge in [-0.3, -0.25) is 9.79 Å². The summed E-state index contributed by atoms with van der Waals surface area (Å²) in [6.45, 7) is 2.10. The van der Waals surface area contributed by atoms with Crippen molar-refractivity contribution >= 4 is 17.8 Å². The van der Waals surface area contributed by atoms with Crippen LogP contribution in [0.5, 0.6) is 0 Å². The van der Waals surface area contributed by atoms with Gasteiger partial charge >= 0.3 is 0 Å². The molecule has 0 amide bonds. The van der Waals surface area contributed by atoms with E-state index in [9.17, 15) is 4.79 Å². The summed E-state index contributed by atoms with van der Waals surface area (Å²) in [5.74, 6) is 0.0977. The molecule has 0 atom stereocenters. The van der Waals surface area contributed by atoms with Crippen LogP contribution in [0.2, 0.25) is 0 Å². The topological polar surface area (TPSA) is 58.7 Å². The second-order valence-corrected chi connectivity index (χ2v) is 3.73. The number of hydrogen-bond acceptors (Lipinski definition) is 4. The zero-order chi connectivity index (χ0) is 11.4. The highest BCUT2D eigenvalue weighted by atomic mass is 16.1. The summed E-state index contributed by atoms with van der Waals surface area (Å²) in [5, 5.41) is 0. The molecule has 2 rings (SSSR count). The van der Waals surface area contributed by atoms with Crippen molar-refractivity contribution < 1.29 is 4.79 Å². The van der Waals surface area contributed by atoms with E-state index in [2.05, 4.69) is 4.99 Å². The molecule has 1 heterocycles. The Labute approximate surface area is 94.8 Å². The SMILES string of the molecule is NCCC(=O)c1cccc(N2C=NCC2)c1. The van der Waals surface area contributed by atoms with Gasteiger partial charge in [0.1, 0.15) is 0 Å². The van der Waals surface area contributed by atoms with Gasteiger partial charge < -0.3 is 10.6 Å². The van der Waals surface area contributed by atoms with Gasteiger partial charge in [-0.2, -0.15) is 0 Å². The zero-order valence-electron chi connectivity index (χ0n) is 9.10. The van der Waals surface area contributed by atoms with E-state index in [1.165, 1.54) is 0 Å². The Hall–Kier alpha value is -1.68. The normalized spacial score (nSPS) is 14.4. The summed E-state index contributed by atoms with van der Waals surface area (Å²) in [6.07, 6.45) is 2.21. The summed E-state index contributed by atoms with van der Waals surface area (Å²) in [5.41, 5.74) is 7.12. The fourth-order valence-electron chi connectivity index (χ4n) is 1.71. The molecule has 16 heavy (non-hydrogen) atoms. The lowest BCUT2D eigenvalue weighted by Gasteiger charge is -2.14. The standard InChI is InChI=1S/C12H15N3O/c13-5-4-12(16)10-2-1-3-11(8-10)15-7-6-14-9-15/h1-3,8-9H,4-7,13H2. The van der Waals surface area contributed by atoms with Gasteiger partial charge in [0.25, 0.3) is 0 Å². The monoisotopic (exact) mass is 217 g/mol. The molecule has 1 aliphatic heterocycles. The number of nitrogens with zero attached hydrogens (tertiary/aromatic N) is 2. The zero-order valence-corrected chi connectivity index (χ0v) is 9.10. The second-order valence-electron chi connectivity index (χ2n) is 3.73. The van der Waals surface area contributed by atoms with Gasteiger partial charge in [0.15, 0.2) is 5.78 Å². The Kier molecular flexibility index (Phi) is 3.31. The first kappa shape index (κ1) is 10.8. The first-order chi connectivity index (χ1) is 7.81. The van der Waals surface area contributed by atoms with E-state index in [0.29, 0.717) is 13.0 Å². The summed E-state index contributed by atoms with van der Waals surface area (Å²) in [7, 11) is 0. The highest BCUT2D eigenvalue weighted by Gasteiger charge is 2.10. The van der Waals surface area contributed by atoms with Crippen LogP contribution in [0.3, 0.4) is 0 Å². The number of benzene rings is 1. The van der Waals surface area contributed by atoms with Crippen LogP contribution in [0.25, 0.3) is 0 Å². The minimum Gasteiger partial charge on any atom is -0.331 e. The first-order valence-corrected chi connectivity index (χ1v) is 5.41. The number of anilines is 1. The average Bonchev–Trinajstić information content (AvgIpc) is 2.83. The number of Topliss-reactive ketones (excluding diaryl/α,β-unsaturated/α-hetero) is 1. The first-order valence-electron chi connectivity index (χ1n) is 5.41. The van der Waals surface area contributed by atoms with Crippen molar-refractivity contribution in [3.8, 4) is 0 Å². The van der Waals surface area contributed by atoms with E-state index in [4.69, 9.17) is 5.73 Å². The molecular formula is C12H15N3O. The van der Waals surface area contributed by atoms with E-state index in [-0.39, 0.29) is 5.78 Å². The van der Waals surface area contributed by atoms with Crippen LogP contribution in [0, 0.1) is 0 Å². The smallest absolute Gasteiger partial charge is 0.164 e. The van der Waals surface area contributed by atoms with Crippen molar-refractivity contribution in [1.29, 1.82) is 0 Å². The van der Waals surface area contributed by atoms with Crippen LogP contribution in [0.15, 0.2) is 29.3 Å². The largest absolute Gasteiger partial charge is 0.331 e. The summed E-state index contributed by atoms with van der Waals surface area (Å²) >= 11 is 0. The number of aliphatic imine (C=N–C) groups is 1. The minimum atomic E-state index is 0.0977. The maximum absolute atomic E-state index is 11.7. The van der Waals surface area contributed by atoms with Gasteiger partial charge in [0.05, 0.1) is 12.9 Å². The summed E-state index contributed by atoms with van der Waals surface area (Å²) in [4.78, 5) is 17.9. The molecule has 0 aliphatic carbocycles. The van der Waals surface area contributed by atoms with Crippen molar-refractivity contribution in [1.82, 2.24) is 0 Å². The molecule has 84 valence electrons. The second kappa shape index (κ2) is 4.90. The number of carbonyl (C=O) groups is 1. The van der Waals surface area contributed by atoms with Gasteiger partial charge in [0.2, 0.25) is 0 Å². The Bertz CT molecular complexity index is 414. The van der Waals surface area contributed by atoms with E-state index in [0.717, 1.165) is 24.3 Å². The molecule has 1 aliphatic rings. The molecule has 0 aromatic heterocycles. The molecule has 0 bridgehead atoms. The van der Waals surface area contributed by atoms with Crippen molar-refractivity contribution in [2.24, 2.45) is 10.7 Å². The van der Waals surface area contributed by atoms with Crippen molar-refractivity contribution in [2.45, 2.75) is 6.42 Å². The molecule has 4 heteroatoms. The Morgan fingerprint density at radius 3 is 3.06 bits per heavy atom. The van der Waals surface area contributed by atoms with Crippen LogP contribution >= 0.6 is 0 Å². The molecule has 1 aromatic carbocycles. The predicted octanol–water partition coefficient (Wildman–Crippen LogP) is 1.07. The molecule has 0 saturated carbocycles. The third-order valence-electron chi connectivity index (χ3n) is 2.56. The van der Waals surface area contributed by atoms with Crippen LogP contribution < -0.4 is 10.6 Å². The van der Waals surface area contributed by atoms with Crippen LogP contribution in [0.4, 0.5) is 5.69 Å². The van der Waals surface area contributed by atoms with Crippen LogP contribution in [-0.2, 0) is 0 Å². The summed E-state index contributed by atoms with van der Waals surface area (Å²) < 4.78 is 0. The third-order valence-corrected chi connectivity index (χ3v) is 2.56. The fourth-order valence-corrected chi connectivity index (χ4v) is 1.71. The quantitative estimate of drug-likeness (QED) is 0.767. The molecular weight excluding hydrogens is 202 g/mol. The van der Waals surface area contributed by atoms with E-state index >= 15 is 0 Å². The molecule has 0 fully saturated rings. The number of rotatable bonds is 4. The van der Waals surface area contributed by atoms with Gasteiger partial charge in [0, 0.05) is 24.2 Å². The van der Waals surface area contributed by atoms with Gasteiger partial charge in [-0.1, -0.05) is 12.1 Å². The Morgan fingerprint density at radius 2 is 2.38 bits per heavy atom. The molecule has 0 saturated heterocycles. The highest BCUT2D eigenvalue weighted by molar-refractivity contribution is 5.97. The Morgan fingerprint density at radius 1 is 1.50 bits per heavy atom. The summed E-state index contributed by atoms with van der Waals surface area (Å²) in [6, 6.07) is 7.60. The van der Waals surface area contributed by atoms with Gasteiger partial charge in [-0.25, -0.2) is 0 Å². The molecule has 0 radical (unpaired) electrons. The number of hydrogen-bond donors (Lipinski definition) is 1. The average molecular weight is 217 g/mol. The minimum absolute atomic E-state index is 0.0977. The third kappa shape index (κ3) is 2.28. The molecule has 4 nitrogen and oxygen atoms in total. The van der Waals surface area contributed by atoms with Gasteiger partial charge in [-0.15, -0.1) is 0 Å². The van der Waals surface area contributed by atoms with E-state index < -0.39 is 0 Å². The van der Waals surface area contributed by atoms with E-state index in [1.54, 1.807) is 0 Å². The fraction of sp³-hybridized carbons (Fsp3) is 0.333. The van der Waals surface area contributed by atoms with E-state index in [1.807, 2.05) is 35.5 Å². The molecule has 0 unspecified atom stereocenters. The maximum Gasteiger partial charge on any atom is 0.164 e. The molecule has 1 aromatic rings. The van der Waals surface area contributed by atoms with Crippen LogP contribution in [0.1, 0.15) is 16.8 Å². The molecule has 0 spiro atoms. The van der Waals surface area contributed by atoms with Crippen molar-refractivity contribution in [3.63, 3.8) is 0 Å². The van der Waals surface area contributed by atoms with Crippen LogP contribution in [-0.4, -0.2) is 31.8 Å². The van der Waals surface area contributed by atoms with Crippen molar-refractivity contribution in [2.75, 3.05) is 24.5 Å². The number of carbonyl (C=O) groups excluding carboxylic acids is 1. The maximum atomic E-state index is 11.7.